The molecule has 2 heterocycles. The first-order valence-electron chi connectivity index (χ1n) is 11.0. The van der Waals surface area contributed by atoms with E-state index in [0.29, 0.717) is 6.61 Å². The van der Waals surface area contributed by atoms with Crippen LogP contribution in [0.2, 0.25) is 0 Å². The van der Waals surface area contributed by atoms with Crippen molar-refractivity contribution in [3.63, 3.8) is 0 Å². The van der Waals surface area contributed by atoms with Gasteiger partial charge in [-0.05, 0) is 36.6 Å². The van der Waals surface area contributed by atoms with Gasteiger partial charge >= 0.3 is 0 Å². The number of hydrogen-bond acceptors (Lipinski definition) is 7. The van der Waals surface area contributed by atoms with Gasteiger partial charge < -0.3 is 23.3 Å². The van der Waals surface area contributed by atoms with Gasteiger partial charge in [-0.25, -0.2) is 0 Å². The fraction of sp³-hybridized carbons (Fsp3) is 0.500. The number of piperazine rings is 1. The van der Waals surface area contributed by atoms with E-state index < -0.39 is 0 Å². The van der Waals surface area contributed by atoms with Gasteiger partial charge in [0.1, 0.15) is 11.5 Å². The minimum absolute atomic E-state index is 0.0331. The fourth-order valence-corrected chi connectivity index (χ4v) is 4.89. The molecule has 2 aromatic rings. The number of hydrogen-bond donors (Lipinski definition) is 0. The molecular formula is C24H32N2O4S. The van der Waals surface area contributed by atoms with Crippen molar-refractivity contribution in [1.82, 2.24) is 4.90 Å². The molecule has 0 saturated carbocycles. The molecule has 0 bridgehead atoms. The van der Waals surface area contributed by atoms with Gasteiger partial charge in [-0.15, -0.1) is 0 Å². The lowest BCUT2D eigenvalue weighted by Gasteiger charge is -2.37. The molecule has 1 fully saturated rings. The summed E-state index contributed by atoms with van der Waals surface area (Å²) >= 11 is 1.40. The smallest absolute Gasteiger partial charge is 0.142 e. The Morgan fingerprint density at radius 2 is 1.87 bits per heavy atom. The molecule has 0 radical (unpaired) electrons. The third kappa shape index (κ3) is 5.66. The molecule has 0 aromatic heterocycles. The van der Waals surface area contributed by atoms with Crippen LogP contribution in [-0.4, -0.2) is 71.2 Å². The molecule has 6 nitrogen and oxygen atoms in total. The average molecular weight is 445 g/mol. The van der Waals surface area contributed by atoms with Crippen molar-refractivity contribution < 1.29 is 18.4 Å². The number of ether oxygens (including phenoxy) is 3. The summed E-state index contributed by atoms with van der Waals surface area (Å²) in [7, 11) is 3.49. The van der Waals surface area contributed by atoms with Crippen molar-refractivity contribution in [1.29, 1.82) is 0 Å². The maximum atomic E-state index is 5.96. The van der Waals surface area contributed by atoms with Crippen molar-refractivity contribution >= 4 is 17.7 Å². The predicted molar refractivity (Wildman–Crippen MR) is 125 cm³/mol. The number of benzene rings is 2. The second-order valence-electron chi connectivity index (χ2n) is 7.88. The summed E-state index contributed by atoms with van der Waals surface area (Å²) in [5, 5.41) is 0. The minimum Gasteiger partial charge on any atom is -0.495 e. The number of nitrogens with zero attached hydrogens (tertiary/aromatic N) is 2. The number of fused-ring (bicyclic) bond motifs is 1. The van der Waals surface area contributed by atoms with Gasteiger partial charge in [-0.3, -0.25) is 4.90 Å². The van der Waals surface area contributed by atoms with Crippen LogP contribution < -0.4 is 14.4 Å². The third-order valence-corrected chi connectivity index (χ3v) is 6.65. The van der Waals surface area contributed by atoms with Gasteiger partial charge in [0.25, 0.3) is 0 Å². The summed E-state index contributed by atoms with van der Waals surface area (Å²) in [6, 6.07) is 14.5. The van der Waals surface area contributed by atoms with E-state index in [1.807, 2.05) is 12.1 Å². The number of methoxy groups -OCH3 is 2. The van der Waals surface area contributed by atoms with Gasteiger partial charge in [0.2, 0.25) is 0 Å². The summed E-state index contributed by atoms with van der Waals surface area (Å²) in [6.07, 6.45) is 2.19. The van der Waals surface area contributed by atoms with E-state index in [4.69, 9.17) is 18.4 Å². The van der Waals surface area contributed by atoms with Crippen molar-refractivity contribution in [3.8, 4) is 11.5 Å². The van der Waals surface area contributed by atoms with Gasteiger partial charge in [0.05, 0.1) is 37.0 Å². The molecule has 0 N–H and O–H groups in total. The lowest BCUT2D eigenvalue weighted by atomic mass is 10.1. The van der Waals surface area contributed by atoms with E-state index in [2.05, 4.69) is 40.1 Å². The molecule has 168 valence electrons. The second kappa shape index (κ2) is 11.1. The Labute approximate surface area is 189 Å². The highest BCUT2D eigenvalue weighted by molar-refractivity contribution is 7.94. The molecule has 4 rings (SSSR count). The number of anilines is 1. The number of para-hydroxylation sites is 3. The Balaban J connectivity index is 1.24. The average Bonchev–Trinajstić information content (AvgIpc) is 2.84. The zero-order valence-electron chi connectivity index (χ0n) is 18.4. The van der Waals surface area contributed by atoms with E-state index in [1.54, 1.807) is 14.2 Å². The molecular weight excluding hydrogens is 412 g/mol. The summed E-state index contributed by atoms with van der Waals surface area (Å²) in [5.74, 6) is 1.92. The van der Waals surface area contributed by atoms with Crippen molar-refractivity contribution in [3.05, 3.63) is 48.0 Å². The Morgan fingerprint density at radius 1 is 1.03 bits per heavy atom. The van der Waals surface area contributed by atoms with Crippen molar-refractivity contribution in [2.75, 3.05) is 65.1 Å². The molecule has 1 unspecified atom stereocenters. The van der Waals surface area contributed by atoms with Crippen molar-refractivity contribution in [2.24, 2.45) is 0 Å². The Hall–Kier alpha value is -1.93. The topological polar surface area (TPSA) is 43.4 Å². The maximum Gasteiger partial charge on any atom is 0.142 e. The van der Waals surface area contributed by atoms with E-state index in [9.17, 15) is 0 Å². The molecule has 1 saturated heterocycles. The molecule has 0 spiro atoms. The highest BCUT2D eigenvalue weighted by atomic mass is 32.2. The number of rotatable bonds is 9. The van der Waals surface area contributed by atoms with E-state index >= 15 is 0 Å². The third-order valence-electron chi connectivity index (χ3n) is 5.89. The van der Waals surface area contributed by atoms with Crippen LogP contribution in [-0.2, 0) is 15.3 Å². The van der Waals surface area contributed by atoms with E-state index in [1.165, 1.54) is 23.3 Å². The Kier molecular flexibility index (Phi) is 7.97. The fourth-order valence-electron chi connectivity index (χ4n) is 4.14. The van der Waals surface area contributed by atoms with E-state index in [-0.39, 0.29) is 6.10 Å². The standard InChI is InChI=1S/C24H32N2O4S/c1-27-20(18-30-31-23-11-5-7-19-8-6-16-29-24(19)23)17-25-12-14-26(15-13-25)21-9-3-4-10-22(21)28-2/h3-5,7,9-11,20H,6,8,12-18H2,1-2H3. The SMILES string of the molecule is COc1ccccc1N1CCN(CC(COSc2cccc3c2OCCC3)OC)CC1. The Bertz CT molecular complexity index is 842. The highest BCUT2D eigenvalue weighted by Crippen LogP contribution is 2.36. The molecule has 0 aliphatic carbocycles. The van der Waals surface area contributed by atoms with Crippen LogP contribution in [0.25, 0.3) is 0 Å². The first kappa shape index (κ1) is 22.3. The van der Waals surface area contributed by atoms with Crippen LogP contribution in [0.15, 0.2) is 47.4 Å². The van der Waals surface area contributed by atoms with Gasteiger partial charge in [0, 0.05) is 51.9 Å². The highest BCUT2D eigenvalue weighted by Gasteiger charge is 2.22. The maximum absolute atomic E-state index is 5.96. The molecule has 2 aliphatic heterocycles. The monoisotopic (exact) mass is 444 g/mol. The summed E-state index contributed by atoms with van der Waals surface area (Å²) in [4.78, 5) is 5.89. The number of aryl methyl sites for hydroxylation is 1. The van der Waals surface area contributed by atoms with Crippen LogP contribution >= 0.6 is 12.0 Å². The molecule has 7 heteroatoms. The molecule has 2 aromatic carbocycles. The zero-order valence-corrected chi connectivity index (χ0v) is 19.2. The quantitative estimate of drug-likeness (QED) is 0.544. The predicted octanol–water partition coefficient (Wildman–Crippen LogP) is 3.88. The van der Waals surface area contributed by atoms with Crippen molar-refractivity contribution in [2.45, 2.75) is 23.8 Å². The van der Waals surface area contributed by atoms with Gasteiger partial charge in [-0.1, -0.05) is 24.3 Å². The summed E-state index contributed by atoms with van der Waals surface area (Å²) < 4.78 is 23.1. The normalized spacial score (nSPS) is 17.7. The van der Waals surface area contributed by atoms with E-state index in [0.717, 1.165) is 68.6 Å². The largest absolute Gasteiger partial charge is 0.495 e. The van der Waals surface area contributed by atoms with Crippen LogP contribution in [0.4, 0.5) is 5.69 Å². The zero-order chi connectivity index (χ0) is 21.5. The molecule has 31 heavy (non-hydrogen) atoms. The van der Waals surface area contributed by atoms with Crippen LogP contribution in [0.5, 0.6) is 11.5 Å². The van der Waals surface area contributed by atoms with Crippen LogP contribution in [0.3, 0.4) is 0 Å². The minimum atomic E-state index is 0.0331. The lowest BCUT2D eigenvalue weighted by Crippen LogP contribution is -2.49. The Morgan fingerprint density at radius 3 is 2.68 bits per heavy atom. The van der Waals surface area contributed by atoms with Crippen LogP contribution in [0, 0.1) is 0 Å². The lowest BCUT2D eigenvalue weighted by molar-refractivity contribution is 0.0333. The first-order chi connectivity index (χ1) is 15.3. The van der Waals surface area contributed by atoms with Gasteiger partial charge in [-0.2, -0.15) is 0 Å². The molecule has 0 amide bonds. The summed E-state index contributed by atoms with van der Waals surface area (Å²) in [6.45, 7) is 6.11. The summed E-state index contributed by atoms with van der Waals surface area (Å²) in [5.41, 5.74) is 2.44. The first-order valence-corrected chi connectivity index (χ1v) is 11.7. The molecule has 1 atom stereocenters. The van der Waals surface area contributed by atoms with Crippen LogP contribution in [0.1, 0.15) is 12.0 Å². The molecule has 2 aliphatic rings. The second-order valence-corrected chi connectivity index (χ2v) is 8.72. The van der Waals surface area contributed by atoms with Gasteiger partial charge in [0.15, 0.2) is 0 Å².